The highest BCUT2D eigenvalue weighted by Crippen LogP contribution is 2.04. The molecule has 0 saturated carbocycles. The average Bonchev–Trinajstić information content (AvgIpc) is 2.35. The van der Waals surface area contributed by atoms with Crippen LogP contribution >= 0.6 is 0 Å². The van der Waals surface area contributed by atoms with Gasteiger partial charge < -0.3 is 10.6 Å². The van der Waals surface area contributed by atoms with Gasteiger partial charge in [-0.3, -0.25) is 9.59 Å². The second-order valence-corrected chi connectivity index (χ2v) is 6.46. The largest absolute Gasteiger partial charge is 0.353 e. The molecule has 0 radical (unpaired) electrons. The fraction of sp³-hybridized carbons (Fsp3) is 0.529. The monoisotopic (exact) mass is 290 g/mol. The highest BCUT2D eigenvalue weighted by molar-refractivity contribution is 5.80. The van der Waals surface area contributed by atoms with Crippen LogP contribution < -0.4 is 10.6 Å². The Balaban J connectivity index is 2.29. The van der Waals surface area contributed by atoms with Gasteiger partial charge in [-0.25, -0.2) is 0 Å². The molecule has 0 aromatic heterocycles. The SMILES string of the molecule is C[C@H](CC(=O)NC(C)(C)C)NC(=O)CCc1ccccc1. The lowest BCUT2D eigenvalue weighted by molar-refractivity contribution is -0.124. The molecule has 4 heteroatoms. The first-order chi connectivity index (χ1) is 9.76. The smallest absolute Gasteiger partial charge is 0.222 e. The lowest BCUT2D eigenvalue weighted by Crippen LogP contribution is -2.44. The predicted molar refractivity (Wildman–Crippen MR) is 84.9 cm³/mol. The summed E-state index contributed by atoms with van der Waals surface area (Å²) < 4.78 is 0. The molecule has 0 aliphatic carbocycles. The number of rotatable bonds is 6. The van der Waals surface area contributed by atoms with E-state index in [0.29, 0.717) is 19.3 Å². The first-order valence-corrected chi connectivity index (χ1v) is 7.40. The number of benzene rings is 1. The van der Waals surface area contributed by atoms with Crippen LogP contribution in [0.25, 0.3) is 0 Å². The molecule has 0 saturated heterocycles. The zero-order valence-corrected chi connectivity index (χ0v) is 13.4. The maximum absolute atomic E-state index is 11.9. The third-order valence-corrected chi connectivity index (χ3v) is 2.90. The molecule has 1 aromatic carbocycles. The maximum atomic E-state index is 11.9. The highest BCUT2D eigenvalue weighted by atomic mass is 16.2. The lowest BCUT2D eigenvalue weighted by Gasteiger charge is -2.22. The molecule has 116 valence electrons. The molecule has 0 bridgehead atoms. The van der Waals surface area contributed by atoms with Crippen LogP contribution in [-0.4, -0.2) is 23.4 Å². The zero-order valence-electron chi connectivity index (χ0n) is 13.4. The maximum Gasteiger partial charge on any atom is 0.222 e. The van der Waals surface area contributed by atoms with Gasteiger partial charge in [0.05, 0.1) is 0 Å². The Labute approximate surface area is 127 Å². The number of aryl methyl sites for hydroxylation is 1. The predicted octanol–water partition coefficient (Wildman–Crippen LogP) is 2.43. The summed E-state index contributed by atoms with van der Waals surface area (Å²) in [5, 5.41) is 5.76. The molecular weight excluding hydrogens is 264 g/mol. The first-order valence-electron chi connectivity index (χ1n) is 7.40. The topological polar surface area (TPSA) is 58.2 Å². The molecule has 0 unspecified atom stereocenters. The molecule has 1 atom stereocenters. The third kappa shape index (κ3) is 8.12. The van der Waals surface area contributed by atoms with E-state index in [-0.39, 0.29) is 23.4 Å². The van der Waals surface area contributed by atoms with Crippen molar-refractivity contribution >= 4 is 11.8 Å². The van der Waals surface area contributed by atoms with Crippen LogP contribution in [-0.2, 0) is 16.0 Å². The Bertz CT molecular complexity index is 463. The van der Waals surface area contributed by atoms with Crippen LogP contribution in [0.2, 0.25) is 0 Å². The molecule has 0 heterocycles. The van der Waals surface area contributed by atoms with E-state index in [2.05, 4.69) is 10.6 Å². The molecule has 1 rings (SSSR count). The summed E-state index contributed by atoms with van der Waals surface area (Å²) >= 11 is 0. The number of nitrogens with one attached hydrogen (secondary N) is 2. The number of amides is 2. The van der Waals surface area contributed by atoms with Crippen LogP contribution in [0.15, 0.2) is 30.3 Å². The first kappa shape index (κ1) is 17.2. The van der Waals surface area contributed by atoms with E-state index in [1.165, 1.54) is 0 Å². The van der Waals surface area contributed by atoms with E-state index < -0.39 is 0 Å². The summed E-state index contributed by atoms with van der Waals surface area (Å²) in [5.74, 6) is -0.0618. The van der Waals surface area contributed by atoms with Crippen molar-refractivity contribution < 1.29 is 9.59 Å². The van der Waals surface area contributed by atoms with Gasteiger partial charge in [0.25, 0.3) is 0 Å². The van der Waals surface area contributed by atoms with Crippen molar-refractivity contribution in [3.8, 4) is 0 Å². The van der Waals surface area contributed by atoms with Crippen molar-refractivity contribution in [3.63, 3.8) is 0 Å². The zero-order chi connectivity index (χ0) is 15.9. The van der Waals surface area contributed by atoms with Crippen LogP contribution in [0.3, 0.4) is 0 Å². The number of hydrogen-bond acceptors (Lipinski definition) is 2. The van der Waals surface area contributed by atoms with E-state index in [9.17, 15) is 9.59 Å². The van der Waals surface area contributed by atoms with Crippen LogP contribution in [0, 0.1) is 0 Å². The quantitative estimate of drug-likeness (QED) is 0.845. The van der Waals surface area contributed by atoms with Crippen molar-refractivity contribution in [3.05, 3.63) is 35.9 Å². The van der Waals surface area contributed by atoms with Gasteiger partial charge in [0.2, 0.25) is 11.8 Å². The molecule has 2 amide bonds. The van der Waals surface area contributed by atoms with Gasteiger partial charge in [-0.1, -0.05) is 30.3 Å². The van der Waals surface area contributed by atoms with E-state index in [1.54, 1.807) is 0 Å². The Kier molecular flexibility index (Phi) is 6.40. The molecule has 21 heavy (non-hydrogen) atoms. The van der Waals surface area contributed by atoms with Crippen molar-refractivity contribution in [2.75, 3.05) is 0 Å². The molecule has 0 aliphatic heterocycles. The minimum Gasteiger partial charge on any atom is -0.353 e. The van der Waals surface area contributed by atoms with Gasteiger partial charge >= 0.3 is 0 Å². The fourth-order valence-electron chi connectivity index (χ4n) is 2.05. The van der Waals surface area contributed by atoms with Gasteiger partial charge in [0.15, 0.2) is 0 Å². The standard InChI is InChI=1S/C17H26N2O2/c1-13(12-16(21)19-17(2,3)4)18-15(20)11-10-14-8-6-5-7-9-14/h5-9,13H,10-12H2,1-4H3,(H,18,20)(H,19,21)/t13-/m1/s1. The molecule has 2 N–H and O–H groups in total. The van der Waals surface area contributed by atoms with Crippen molar-refractivity contribution in [2.45, 2.75) is 58.5 Å². The number of hydrogen-bond donors (Lipinski definition) is 2. The fourth-order valence-corrected chi connectivity index (χ4v) is 2.05. The van der Waals surface area contributed by atoms with Crippen molar-refractivity contribution in [2.24, 2.45) is 0 Å². The second kappa shape index (κ2) is 7.81. The van der Waals surface area contributed by atoms with E-state index >= 15 is 0 Å². The van der Waals surface area contributed by atoms with Crippen molar-refractivity contribution in [1.82, 2.24) is 10.6 Å². The van der Waals surface area contributed by atoms with Gasteiger partial charge in [-0.05, 0) is 39.7 Å². The molecular formula is C17H26N2O2. The normalized spacial score (nSPS) is 12.6. The third-order valence-electron chi connectivity index (χ3n) is 2.90. The summed E-state index contributed by atoms with van der Waals surface area (Å²) in [6, 6.07) is 9.75. The molecule has 0 aliphatic rings. The summed E-state index contributed by atoms with van der Waals surface area (Å²) in [6.07, 6.45) is 1.46. The number of carbonyl (C=O) groups excluding carboxylic acids is 2. The summed E-state index contributed by atoms with van der Waals surface area (Å²) in [7, 11) is 0. The Hall–Kier alpha value is -1.84. The van der Waals surface area contributed by atoms with E-state index in [4.69, 9.17) is 0 Å². The van der Waals surface area contributed by atoms with Gasteiger partial charge in [0, 0.05) is 24.4 Å². The molecule has 0 spiro atoms. The average molecular weight is 290 g/mol. The molecule has 4 nitrogen and oxygen atoms in total. The Morgan fingerprint density at radius 3 is 2.29 bits per heavy atom. The van der Waals surface area contributed by atoms with Crippen LogP contribution in [0.1, 0.15) is 46.1 Å². The lowest BCUT2D eigenvalue weighted by atomic mass is 10.1. The number of carbonyl (C=O) groups is 2. The van der Waals surface area contributed by atoms with Gasteiger partial charge in [-0.2, -0.15) is 0 Å². The Morgan fingerprint density at radius 2 is 1.71 bits per heavy atom. The second-order valence-electron chi connectivity index (χ2n) is 6.46. The van der Waals surface area contributed by atoms with Gasteiger partial charge in [-0.15, -0.1) is 0 Å². The van der Waals surface area contributed by atoms with Crippen LogP contribution in [0.4, 0.5) is 0 Å². The van der Waals surface area contributed by atoms with Crippen LogP contribution in [0.5, 0.6) is 0 Å². The highest BCUT2D eigenvalue weighted by Gasteiger charge is 2.17. The van der Waals surface area contributed by atoms with Gasteiger partial charge in [0.1, 0.15) is 0 Å². The minimum atomic E-state index is -0.242. The van der Waals surface area contributed by atoms with E-state index in [0.717, 1.165) is 5.56 Å². The summed E-state index contributed by atoms with van der Waals surface area (Å²) in [4.78, 5) is 23.6. The minimum absolute atomic E-state index is 0.0186. The van der Waals surface area contributed by atoms with E-state index in [1.807, 2.05) is 58.0 Å². The van der Waals surface area contributed by atoms with Crippen molar-refractivity contribution in [1.29, 1.82) is 0 Å². The summed E-state index contributed by atoms with van der Waals surface area (Å²) in [6.45, 7) is 7.67. The summed E-state index contributed by atoms with van der Waals surface area (Å²) in [5.41, 5.74) is 0.902. The Morgan fingerprint density at radius 1 is 1.10 bits per heavy atom. The molecule has 1 aromatic rings. The molecule has 0 fully saturated rings.